The minimum Gasteiger partial charge on any atom is -0.462 e. The standard InChI is InChI=1S/C24H36O8/c1-9-13(4)21(27)31-16-10-22(7)19(32-22)20(30-15(6)26)23(8)17(29-14(5)25)11-24(28,12(2)3)18(16)23/h9,12,16-20,28H,10-11H2,1-8H3/b13-9-/t16-,17-,18+,19+,20-,22-,23+,24+/m0/s1. The van der Waals surface area contributed by atoms with E-state index in [1.54, 1.807) is 19.9 Å². The molecule has 0 aromatic heterocycles. The molecule has 0 aromatic rings. The van der Waals surface area contributed by atoms with Gasteiger partial charge in [0.1, 0.15) is 24.4 Å². The fraction of sp³-hybridized carbons (Fsp3) is 0.792. The normalized spacial score (nSPS) is 43.1. The van der Waals surface area contributed by atoms with Crippen molar-refractivity contribution in [2.24, 2.45) is 17.3 Å². The topological polar surface area (TPSA) is 112 Å². The number of carbonyl (C=O) groups excluding carboxylic acids is 3. The molecule has 8 nitrogen and oxygen atoms in total. The third-order valence-corrected chi connectivity index (χ3v) is 7.84. The average molecular weight is 453 g/mol. The Morgan fingerprint density at radius 2 is 1.62 bits per heavy atom. The van der Waals surface area contributed by atoms with Crippen molar-refractivity contribution in [2.75, 3.05) is 0 Å². The molecule has 1 saturated heterocycles. The van der Waals surface area contributed by atoms with Gasteiger partial charge in [-0.2, -0.15) is 0 Å². The van der Waals surface area contributed by atoms with E-state index in [0.29, 0.717) is 12.0 Å². The van der Waals surface area contributed by atoms with E-state index in [2.05, 4.69) is 0 Å². The number of aliphatic hydroxyl groups is 1. The summed E-state index contributed by atoms with van der Waals surface area (Å²) in [7, 11) is 0. The predicted molar refractivity (Wildman–Crippen MR) is 114 cm³/mol. The fourth-order valence-corrected chi connectivity index (χ4v) is 5.90. The first kappa shape index (κ1) is 24.7. The van der Waals surface area contributed by atoms with Crippen molar-refractivity contribution < 1.29 is 38.4 Å². The molecule has 2 aliphatic carbocycles. The van der Waals surface area contributed by atoms with Crippen LogP contribution >= 0.6 is 0 Å². The van der Waals surface area contributed by atoms with Crippen molar-refractivity contribution in [3.8, 4) is 0 Å². The maximum atomic E-state index is 12.8. The minimum absolute atomic E-state index is 0.142. The van der Waals surface area contributed by atoms with Crippen LogP contribution in [0.5, 0.6) is 0 Å². The summed E-state index contributed by atoms with van der Waals surface area (Å²) in [5.41, 5.74) is -2.60. The molecule has 1 aliphatic heterocycles. The van der Waals surface area contributed by atoms with Crippen LogP contribution in [0.3, 0.4) is 0 Å². The molecule has 0 radical (unpaired) electrons. The van der Waals surface area contributed by atoms with Crippen molar-refractivity contribution in [3.63, 3.8) is 0 Å². The molecule has 32 heavy (non-hydrogen) atoms. The quantitative estimate of drug-likeness (QED) is 0.293. The third kappa shape index (κ3) is 3.85. The van der Waals surface area contributed by atoms with Gasteiger partial charge in [0, 0.05) is 38.2 Å². The molecule has 0 amide bonds. The van der Waals surface area contributed by atoms with Gasteiger partial charge in [0.15, 0.2) is 0 Å². The SMILES string of the molecule is C/C=C(/C)C(=O)O[C@H]1C[C@]2(C)O[C@@H]2[C@H](OC(C)=O)[C@]2(C)[C@@H](OC(C)=O)C[C@@](O)(C(C)C)[C@H]12. The number of carbonyl (C=O) groups is 3. The van der Waals surface area contributed by atoms with Crippen molar-refractivity contribution in [2.45, 2.75) is 104 Å². The number of rotatable bonds is 5. The number of esters is 3. The second-order valence-electron chi connectivity index (χ2n) is 10.3. The molecule has 3 rings (SSSR count). The van der Waals surface area contributed by atoms with E-state index in [1.165, 1.54) is 13.8 Å². The van der Waals surface area contributed by atoms with Crippen LogP contribution in [0.1, 0.15) is 68.2 Å². The number of ether oxygens (including phenoxy) is 4. The highest BCUT2D eigenvalue weighted by Gasteiger charge is 2.77. The Morgan fingerprint density at radius 3 is 2.12 bits per heavy atom. The van der Waals surface area contributed by atoms with E-state index in [4.69, 9.17) is 18.9 Å². The van der Waals surface area contributed by atoms with Gasteiger partial charge in [-0.05, 0) is 26.7 Å². The summed E-state index contributed by atoms with van der Waals surface area (Å²) in [5, 5.41) is 12.0. The van der Waals surface area contributed by atoms with Crippen LogP contribution in [-0.2, 0) is 33.3 Å². The van der Waals surface area contributed by atoms with Crippen LogP contribution in [0, 0.1) is 17.3 Å². The summed E-state index contributed by atoms with van der Waals surface area (Å²) < 4.78 is 23.5. The highest BCUT2D eigenvalue weighted by molar-refractivity contribution is 5.87. The minimum atomic E-state index is -1.32. The molecular formula is C24H36O8. The molecular weight excluding hydrogens is 416 g/mol. The molecule has 8 heteroatoms. The van der Waals surface area contributed by atoms with E-state index in [-0.39, 0.29) is 12.3 Å². The Labute approximate surface area is 189 Å². The molecule has 2 saturated carbocycles. The van der Waals surface area contributed by atoms with E-state index in [1.807, 2.05) is 27.7 Å². The van der Waals surface area contributed by atoms with Crippen LogP contribution in [0.25, 0.3) is 0 Å². The van der Waals surface area contributed by atoms with Gasteiger partial charge in [-0.25, -0.2) is 4.79 Å². The summed E-state index contributed by atoms with van der Waals surface area (Å²) in [4.78, 5) is 36.9. The Balaban J connectivity index is 2.19. The van der Waals surface area contributed by atoms with Gasteiger partial charge in [-0.3, -0.25) is 9.59 Å². The van der Waals surface area contributed by atoms with Crippen molar-refractivity contribution in [1.29, 1.82) is 0 Å². The molecule has 180 valence electrons. The zero-order valence-corrected chi connectivity index (χ0v) is 20.3. The van der Waals surface area contributed by atoms with Crippen molar-refractivity contribution >= 4 is 17.9 Å². The molecule has 3 aliphatic rings. The van der Waals surface area contributed by atoms with Crippen molar-refractivity contribution in [1.82, 2.24) is 0 Å². The van der Waals surface area contributed by atoms with E-state index in [0.717, 1.165) is 0 Å². The molecule has 3 fully saturated rings. The van der Waals surface area contributed by atoms with Gasteiger partial charge in [-0.1, -0.05) is 26.8 Å². The highest BCUT2D eigenvalue weighted by Crippen LogP contribution is 2.65. The van der Waals surface area contributed by atoms with E-state index < -0.39 is 64.9 Å². The second-order valence-corrected chi connectivity index (χ2v) is 10.3. The Hall–Kier alpha value is -1.93. The number of epoxide rings is 1. The fourth-order valence-electron chi connectivity index (χ4n) is 5.90. The van der Waals surface area contributed by atoms with Crippen LogP contribution in [0.2, 0.25) is 0 Å². The van der Waals surface area contributed by atoms with Gasteiger partial charge in [-0.15, -0.1) is 0 Å². The zero-order valence-electron chi connectivity index (χ0n) is 20.3. The maximum Gasteiger partial charge on any atom is 0.333 e. The summed E-state index contributed by atoms with van der Waals surface area (Å²) in [6.45, 7) is 13.6. The zero-order chi connectivity index (χ0) is 24.2. The molecule has 0 spiro atoms. The smallest absolute Gasteiger partial charge is 0.333 e. The maximum absolute atomic E-state index is 12.8. The summed E-state index contributed by atoms with van der Waals surface area (Å²) >= 11 is 0. The number of hydrogen-bond donors (Lipinski definition) is 1. The number of fused-ring (bicyclic) bond motifs is 2. The van der Waals surface area contributed by atoms with Crippen LogP contribution in [0.15, 0.2) is 11.6 Å². The average Bonchev–Trinajstić information content (AvgIpc) is 3.27. The first-order chi connectivity index (χ1) is 14.7. The molecule has 0 bridgehead atoms. The monoisotopic (exact) mass is 452 g/mol. The first-order valence-corrected chi connectivity index (χ1v) is 11.3. The highest BCUT2D eigenvalue weighted by atomic mass is 16.7. The Kier molecular flexibility index (Phi) is 6.28. The number of hydrogen-bond acceptors (Lipinski definition) is 8. The molecule has 1 heterocycles. The first-order valence-electron chi connectivity index (χ1n) is 11.3. The molecule has 8 atom stereocenters. The van der Waals surface area contributed by atoms with E-state index >= 15 is 0 Å². The number of allylic oxidation sites excluding steroid dienone is 1. The third-order valence-electron chi connectivity index (χ3n) is 7.84. The molecule has 0 aromatic carbocycles. The summed E-state index contributed by atoms with van der Waals surface area (Å²) in [6.07, 6.45) is -0.577. The van der Waals surface area contributed by atoms with Gasteiger partial charge in [0.25, 0.3) is 0 Å². The van der Waals surface area contributed by atoms with E-state index in [9.17, 15) is 19.5 Å². The lowest BCUT2D eigenvalue weighted by atomic mass is 9.66. The van der Waals surface area contributed by atoms with Crippen LogP contribution < -0.4 is 0 Å². The largest absolute Gasteiger partial charge is 0.462 e. The van der Waals surface area contributed by atoms with Crippen molar-refractivity contribution in [3.05, 3.63) is 11.6 Å². The second kappa shape index (κ2) is 8.13. The Morgan fingerprint density at radius 1 is 1.03 bits per heavy atom. The lowest BCUT2D eigenvalue weighted by Gasteiger charge is -2.46. The lowest BCUT2D eigenvalue weighted by molar-refractivity contribution is -0.191. The van der Waals surface area contributed by atoms with Gasteiger partial charge in [0.2, 0.25) is 0 Å². The van der Waals surface area contributed by atoms with Gasteiger partial charge in [0.05, 0.1) is 16.6 Å². The predicted octanol–water partition coefficient (Wildman–Crippen LogP) is 2.70. The molecule has 0 unspecified atom stereocenters. The van der Waals surface area contributed by atoms with Crippen LogP contribution in [0.4, 0.5) is 0 Å². The lowest BCUT2D eigenvalue weighted by Crippen LogP contribution is -2.56. The summed E-state index contributed by atoms with van der Waals surface area (Å²) in [5.74, 6) is -2.35. The summed E-state index contributed by atoms with van der Waals surface area (Å²) in [6, 6.07) is 0. The molecule has 1 N–H and O–H groups in total. The Bertz CT molecular complexity index is 834. The van der Waals surface area contributed by atoms with Gasteiger partial charge < -0.3 is 24.1 Å². The van der Waals surface area contributed by atoms with Crippen LogP contribution in [-0.4, -0.2) is 58.6 Å². The van der Waals surface area contributed by atoms with Gasteiger partial charge >= 0.3 is 17.9 Å².